The summed E-state index contributed by atoms with van der Waals surface area (Å²) in [7, 11) is -3.56. The molecule has 6 nitrogen and oxygen atoms in total. The summed E-state index contributed by atoms with van der Waals surface area (Å²) in [4.78, 5) is 15.5. The molecule has 7 heteroatoms. The van der Waals surface area contributed by atoms with E-state index in [1.807, 2.05) is 0 Å². The summed E-state index contributed by atoms with van der Waals surface area (Å²) in [6, 6.07) is 5.00. The van der Waals surface area contributed by atoms with Crippen molar-refractivity contribution < 1.29 is 13.2 Å². The average molecular weight is 422 g/mol. The van der Waals surface area contributed by atoms with Crippen LogP contribution >= 0.6 is 0 Å². The van der Waals surface area contributed by atoms with Crippen molar-refractivity contribution in [3.63, 3.8) is 0 Å². The lowest BCUT2D eigenvalue weighted by atomic mass is 9.98. The van der Waals surface area contributed by atoms with Gasteiger partial charge in [0.15, 0.2) is 0 Å². The van der Waals surface area contributed by atoms with E-state index in [2.05, 4.69) is 24.1 Å². The molecule has 162 valence electrons. The molecule has 2 heterocycles. The number of amides is 1. The number of piperidine rings is 2. The Hall–Kier alpha value is -1.44. The molecule has 0 radical (unpaired) electrons. The van der Waals surface area contributed by atoms with Gasteiger partial charge in [0.25, 0.3) is 5.91 Å². The highest BCUT2D eigenvalue weighted by atomic mass is 32.2. The number of carbonyl (C=O) groups excluding carboxylic acids is 1. The van der Waals surface area contributed by atoms with Crippen LogP contribution in [-0.2, 0) is 10.0 Å². The molecule has 29 heavy (non-hydrogen) atoms. The lowest BCUT2D eigenvalue weighted by Gasteiger charge is -2.41. The molecule has 0 atom stereocenters. The Morgan fingerprint density at radius 1 is 1.00 bits per heavy atom. The van der Waals surface area contributed by atoms with Crippen molar-refractivity contribution in [3.8, 4) is 0 Å². The number of hydrogen-bond donors (Lipinski definition) is 1. The van der Waals surface area contributed by atoms with Gasteiger partial charge in [-0.1, -0.05) is 18.9 Å². The Bertz CT molecular complexity index is 824. The van der Waals surface area contributed by atoms with Crippen LogP contribution in [0.4, 0.5) is 0 Å². The molecule has 1 aromatic rings. The van der Waals surface area contributed by atoms with Crippen LogP contribution in [0.25, 0.3) is 0 Å². The Morgan fingerprint density at radius 3 is 2.21 bits per heavy atom. The van der Waals surface area contributed by atoms with Crippen molar-refractivity contribution in [2.75, 3.05) is 32.7 Å². The minimum atomic E-state index is -3.56. The number of benzene rings is 1. The quantitative estimate of drug-likeness (QED) is 0.766. The van der Waals surface area contributed by atoms with Crippen LogP contribution in [0.15, 0.2) is 23.1 Å². The lowest BCUT2D eigenvalue weighted by Crippen LogP contribution is -2.53. The summed E-state index contributed by atoms with van der Waals surface area (Å²) in [5, 5.41) is 3.03. The van der Waals surface area contributed by atoms with E-state index < -0.39 is 10.0 Å². The van der Waals surface area contributed by atoms with Crippen molar-refractivity contribution in [1.82, 2.24) is 14.5 Å². The van der Waals surface area contributed by atoms with Crippen molar-refractivity contribution in [3.05, 3.63) is 29.3 Å². The zero-order chi connectivity index (χ0) is 21.1. The first-order valence-electron chi connectivity index (χ1n) is 10.9. The fraction of sp³-hybridized carbons (Fsp3) is 0.682. The van der Waals surface area contributed by atoms with Crippen LogP contribution in [0.3, 0.4) is 0 Å². The third-order valence-corrected chi connectivity index (χ3v) is 8.32. The van der Waals surface area contributed by atoms with Gasteiger partial charge in [0.05, 0.1) is 4.90 Å². The Balaban J connectivity index is 1.72. The monoisotopic (exact) mass is 421 g/mol. The highest BCUT2D eigenvalue weighted by Gasteiger charge is 2.30. The van der Waals surface area contributed by atoms with Crippen molar-refractivity contribution >= 4 is 15.9 Å². The summed E-state index contributed by atoms with van der Waals surface area (Å²) in [5.74, 6) is -0.217. The zero-order valence-corrected chi connectivity index (χ0v) is 18.9. The fourth-order valence-electron chi connectivity index (χ4n) is 4.27. The van der Waals surface area contributed by atoms with Gasteiger partial charge in [0, 0.05) is 30.7 Å². The molecule has 2 aliphatic rings. The van der Waals surface area contributed by atoms with Gasteiger partial charge in [-0.25, -0.2) is 8.42 Å². The number of hydrogen-bond acceptors (Lipinski definition) is 4. The smallest absolute Gasteiger partial charge is 0.251 e. The second kappa shape index (κ2) is 9.14. The van der Waals surface area contributed by atoms with E-state index in [1.54, 1.807) is 29.4 Å². The highest BCUT2D eigenvalue weighted by molar-refractivity contribution is 7.89. The van der Waals surface area contributed by atoms with Gasteiger partial charge < -0.3 is 5.32 Å². The molecule has 1 N–H and O–H groups in total. The lowest BCUT2D eigenvalue weighted by molar-refractivity contribution is 0.0797. The maximum absolute atomic E-state index is 13.1. The first-order valence-corrected chi connectivity index (χ1v) is 12.3. The minimum absolute atomic E-state index is 0.122. The van der Waals surface area contributed by atoms with E-state index in [9.17, 15) is 13.2 Å². The Kier molecular flexibility index (Phi) is 7.02. The molecule has 2 fully saturated rings. The van der Waals surface area contributed by atoms with Gasteiger partial charge in [0.1, 0.15) is 0 Å². The third kappa shape index (κ3) is 5.19. The molecule has 0 aliphatic carbocycles. The van der Waals surface area contributed by atoms with Gasteiger partial charge in [-0.3, -0.25) is 9.69 Å². The number of rotatable bonds is 6. The second-order valence-electron chi connectivity index (χ2n) is 8.99. The van der Waals surface area contributed by atoms with E-state index in [1.165, 1.54) is 19.3 Å². The second-order valence-corrected chi connectivity index (χ2v) is 10.9. The molecular weight excluding hydrogens is 386 g/mol. The van der Waals surface area contributed by atoms with E-state index in [0.717, 1.165) is 32.4 Å². The van der Waals surface area contributed by atoms with Crippen LogP contribution in [0.5, 0.6) is 0 Å². The largest absolute Gasteiger partial charge is 0.350 e. The van der Waals surface area contributed by atoms with E-state index in [4.69, 9.17) is 0 Å². The standard InChI is InChI=1S/C22H35N3O3S/c1-18-10-11-19(16-20(18)29(27,28)25-14-8-5-9-15-25)21(26)23-17-22(2,3)24-12-6-4-7-13-24/h10-11,16H,4-9,12-15,17H2,1-3H3,(H,23,26). The molecule has 1 amide bonds. The van der Waals surface area contributed by atoms with Crippen molar-refractivity contribution in [2.24, 2.45) is 0 Å². The van der Waals surface area contributed by atoms with Crippen LogP contribution in [0.1, 0.15) is 68.3 Å². The van der Waals surface area contributed by atoms with Gasteiger partial charge in [0.2, 0.25) is 10.0 Å². The van der Waals surface area contributed by atoms with E-state index >= 15 is 0 Å². The number of carbonyl (C=O) groups is 1. The molecule has 3 rings (SSSR count). The van der Waals surface area contributed by atoms with E-state index in [0.29, 0.717) is 30.8 Å². The SMILES string of the molecule is Cc1ccc(C(=O)NCC(C)(C)N2CCCCC2)cc1S(=O)(=O)N1CCCCC1. The predicted octanol–water partition coefficient (Wildman–Crippen LogP) is 3.16. The molecule has 2 aliphatic heterocycles. The van der Waals surface area contributed by atoms with Gasteiger partial charge in [-0.15, -0.1) is 0 Å². The third-order valence-electron chi connectivity index (χ3n) is 6.28. The average Bonchev–Trinajstić information content (AvgIpc) is 2.73. The predicted molar refractivity (Wildman–Crippen MR) is 116 cm³/mol. The van der Waals surface area contributed by atoms with Gasteiger partial charge in [-0.2, -0.15) is 4.31 Å². The van der Waals surface area contributed by atoms with Crippen LogP contribution < -0.4 is 5.32 Å². The minimum Gasteiger partial charge on any atom is -0.350 e. The molecular formula is C22H35N3O3S. The van der Waals surface area contributed by atoms with Crippen molar-refractivity contribution in [2.45, 2.75) is 69.7 Å². The topological polar surface area (TPSA) is 69.7 Å². The van der Waals surface area contributed by atoms with E-state index in [-0.39, 0.29) is 16.3 Å². The summed E-state index contributed by atoms with van der Waals surface area (Å²) in [5.41, 5.74) is 0.963. The number of nitrogens with zero attached hydrogens (tertiary/aromatic N) is 2. The molecule has 0 aromatic heterocycles. The number of likely N-dealkylation sites (tertiary alicyclic amines) is 1. The molecule has 0 bridgehead atoms. The normalized spacial score (nSPS) is 19.8. The first-order chi connectivity index (χ1) is 13.7. The molecule has 0 unspecified atom stereocenters. The van der Waals surface area contributed by atoms with Gasteiger partial charge >= 0.3 is 0 Å². The maximum Gasteiger partial charge on any atom is 0.251 e. The highest BCUT2D eigenvalue weighted by Crippen LogP contribution is 2.25. The number of nitrogens with one attached hydrogen (secondary N) is 1. The van der Waals surface area contributed by atoms with Crippen LogP contribution in [-0.4, -0.2) is 61.8 Å². The summed E-state index contributed by atoms with van der Waals surface area (Å²) in [6.45, 7) is 9.87. The summed E-state index contributed by atoms with van der Waals surface area (Å²) in [6.07, 6.45) is 6.53. The summed E-state index contributed by atoms with van der Waals surface area (Å²) >= 11 is 0. The first kappa shape index (κ1) is 22.2. The molecule has 0 saturated carbocycles. The molecule has 1 aromatic carbocycles. The Morgan fingerprint density at radius 2 is 1.59 bits per heavy atom. The van der Waals surface area contributed by atoms with Crippen molar-refractivity contribution in [1.29, 1.82) is 0 Å². The number of sulfonamides is 1. The molecule has 0 spiro atoms. The Labute approximate surface area is 175 Å². The maximum atomic E-state index is 13.1. The fourth-order valence-corrected chi connectivity index (χ4v) is 6.04. The zero-order valence-electron chi connectivity index (χ0n) is 18.0. The van der Waals surface area contributed by atoms with Gasteiger partial charge in [-0.05, 0) is 77.2 Å². The van der Waals surface area contributed by atoms with Crippen LogP contribution in [0.2, 0.25) is 0 Å². The summed E-state index contributed by atoms with van der Waals surface area (Å²) < 4.78 is 27.7. The van der Waals surface area contributed by atoms with Crippen LogP contribution in [0, 0.1) is 6.92 Å². The number of aryl methyl sites for hydroxylation is 1. The molecule has 2 saturated heterocycles.